The number of hydrogen-bond acceptors (Lipinski definition) is 5. The van der Waals surface area contributed by atoms with Crippen molar-refractivity contribution in [3.05, 3.63) is 41.6 Å². The van der Waals surface area contributed by atoms with Gasteiger partial charge in [0.1, 0.15) is 6.10 Å². The molecular formula is C21H27N3O3. The van der Waals surface area contributed by atoms with E-state index in [0.29, 0.717) is 25.3 Å². The van der Waals surface area contributed by atoms with Gasteiger partial charge in [0.15, 0.2) is 0 Å². The van der Waals surface area contributed by atoms with Gasteiger partial charge in [0.2, 0.25) is 0 Å². The minimum atomic E-state index is -0.0995. The third-order valence-electron chi connectivity index (χ3n) is 5.27. The molecule has 1 aliphatic carbocycles. The molecule has 6 heteroatoms. The Morgan fingerprint density at radius 3 is 3.04 bits per heavy atom. The van der Waals surface area contributed by atoms with Gasteiger partial charge in [0.25, 0.3) is 5.91 Å². The van der Waals surface area contributed by atoms with Gasteiger partial charge in [0.05, 0.1) is 30.0 Å². The van der Waals surface area contributed by atoms with Crippen molar-refractivity contribution in [3.8, 4) is 0 Å². The van der Waals surface area contributed by atoms with Crippen LogP contribution in [0.15, 0.2) is 30.3 Å². The normalized spacial score (nSPS) is 20.7. The summed E-state index contributed by atoms with van der Waals surface area (Å²) in [6.07, 6.45) is 2.61. The number of aromatic nitrogens is 1. The van der Waals surface area contributed by atoms with E-state index in [4.69, 9.17) is 14.5 Å². The Bertz CT molecular complexity index is 806. The molecule has 1 atom stereocenters. The molecule has 0 spiro atoms. The molecule has 1 aromatic heterocycles. The highest BCUT2D eigenvalue weighted by molar-refractivity contribution is 6.06. The number of fused-ring (bicyclic) bond motifs is 1. The summed E-state index contributed by atoms with van der Waals surface area (Å²) < 4.78 is 11.1. The third-order valence-corrected chi connectivity index (χ3v) is 5.27. The Morgan fingerprint density at radius 2 is 2.22 bits per heavy atom. The Balaban J connectivity index is 1.59. The molecule has 2 fully saturated rings. The summed E-state index contributed by atoms with van der Waals surface area (Å²) in [4.78, 5) is 20.0. The van der Waals surface area contributed by atoms with Crippen molar-refractivity contribution >= 4 is 16.8 Å². The summed E-state index contributed by atoms with van der Waals surface area (Å²) >= 11 is 0. The number of benzene rings is 1. The average Bonchev–Trinajstić information content (AvgIpc) is 3.51. The van der Waals surface area contributed by atoms with Gasteiger partial charge in [-0.2, -0.15) is 0 Å². The van der Waals surface area contributed by atoms with Gasteiger partial charge >= 0.3 is 0 Å². The van der Waals surface area contributed by atoms with Gasteiger partial charge in [-0.15, -0.1) is 0 Å². The monoisotopic (exact) mass is 369 g/mol. The van der Waals surface area contributed by atoms with E-state index in [-0.39, 0.29) is 12.0 Å². The maximum Gasteiger partial charge on any atom is 0.252 e. The number of nitrogens with one attached hydrogen (secondary N) is 1. The van der Waals surface area contributed by atoms with Crippen LogP contribution in [0.2, 0.25) is 0 Å². The van der Waals surface area contributed by atoms with E-state index in [1.807, 2.05) is 30.3 Å². The van der Waals surface area contributed by atoms with Crippen LogP contribution in [-0.4, -0.2) is 62.3 Å². The van der Waals surface area contributed by atoms with E-state index in [0.717, 1.165) is 42.1 Å². The first-order valence-corrected chi connectivity index (χ1v) is 9.75. The summed E-state index contributed by atoms with van der Waals surface area (Å²) in [7, 11) is 1.62. The van der Waals surface area contributed by atoms with Crippen LogP contribution in [0.3, 0.4) is 0 Å². The second-order valence-corrected chi connectivity index (χ2v) is 7.42. The maximum atomic E-state index is 12.7. The van der Waals surface area contributed by atoms with Gasteiger partial charge in [-0.25, -0.2) is 4.98 Å². The Hall–Kier alpha value is -2.02. The molecule has 1 N–H and O–H groups in total. The fourth-order valence-corrected chi connectivity index (χ4v) is 3.62. The summed E-state index contributed by atoms with van der Waals surface area (Å²) in [6.45, 7) is 4.65. The van der Waals surface area contributed by atoms with Crippen molar-refractivity contribution in [1.29, 1.82) is 0 Å². The van der Waals surface area contributed by atoms with Gasteiger partial charge in [-0.3, -0.25) is 9.69 Å². The zero-order chi connectivity index (χ0) is 18.6. The summed E-state index contributed by atoms with van der Waals surface area (Å²) in [5.74, 6) is 0.757. The fourth-order valence-electron chi connectivity index (χ4n) is 3.62. The molecule has 0 bridgehead atoms. The van der Waals surface area contributed by atoms with Gasteiger partial charge in [-0.1, -0.05) is 18.2 Å². The van der Waals surface area contributed by atoms with E-state index < -0.39 is 0 Å². The molecule has 2 aliphatic rings. The number of ether oxygens (including phenoxy) is 2. The highest BCUT2D eigenvalue weighted by atomic mass is 16.5. The van der Waals surface area contributed by atoms with Crippen molar-refractivity contribution in [3.63, 3.8) is 0 Å². The summed E-state index contributed by atoms with van der Waals surface area (Å²) in [6, 6.07) is 9.68. The van der Waals surface area contributed by atoms with Crippen molar-refractivity contribution in [1.82, 2.24) is 15.2 Å². The van der Waals surface area contributed by atoms with Crippen LogP contribution in [0.1, 0.15) is 35.0 Å². The molecule has 1 unspecified atom stereocenters. The van der Waals surface area contributed by atoms with Crippen LogP contribution < -0.4 is 5.32 Å². The van der Waals surface area contributed by atoms with E-state index in [9.17, 15) is 4.79 Å². The highest BCUT2D eigenvalue weighted by Crippen LogP contribution is 2.32. The van der Waals surface area contributed by atoms with E-state index >= 15 is 0 Å². The molecule has 144 valence electrons. The Kier molecular flexibility index (Phi) is 5.66. The first-order valence-electron chi connectivity index (χ1n) is 9.75. The van der Waals surface area contributed by atoms with Crippen molar-refractivity contribution in [2.75, 3.05) is 46.5 Å². The zero-order valence-corrected chi connectivity index (χ0v) is 15.8. The molecule has 0 radical (unpaired) electrons. The van der Waals surface area contributed by atoms with Gasteiger partial charge in [0, 0.05) is 38.7 Å². The second-order valence-electron chi connectivity index (χ2n) is 7.42. The van der Waals surface area contributed by atoms with Crippen LogP contribution >= 0.6 is 0 Å². The molecule has 1 amide bonds. The van der Waals surface area contributed by atoms with Crippen molar-refractivity contribution < 1.29 is 14.3 Å². The quantitative estimate of drug-likeness (QED) is 0.760. The smallest absolute Gasteiger partial charge is 0.252 e. The number of hydrogen-bond donors (Lipinski definition) is 1. The van der Waals surface area contributed by atoms with Gasteiger partial charge in [-0.05, 0) is 30.9 Å². The number of carbonyl (C=O) groups is 1. The lowest BCUT2D eigenvalue weighted by Crippen LogP contribution is -2.39. The molecule has 2 aromatic rings. The molecular weight excluding hydrogens is 342 g/mol. The number of nitrogens with zero attached hydrogens (tertiary/aromatic N) is 2. The van der Waals surface area contributed by atoms with Crippen LogP contribution in [-0.2, 0) is 9.47 Å². The Morgan fingerprint density at radius 1 is 1.37 bits per heavy atom. The molecule has 2 heterocycles. The standard InChI is InChI=1S/C21H27N3O3/c1-26-10-8-22-21(25)17-12-19(23-18-5-3-2-4-16(17)18)20-14-24(9-11-27-20)13-15-6-7-15/h2-5,12,15,20H,6-11,13-14H2,1H3,(H,22,25). The number of rotatable bonds is 7. The molecule has 27 heavy (non-hydrogen) atoms. The topological polar surface area (TPSA) is 63.7 Å². The molecule has 1 saturated heterocycles. The van der Waals surface area contributed by atoms with Crippen LogP contribution in [0.5, 0.6) is 0 Å². The van der Waals surface area contributed by atoms with Crippen LogP contribution in [0, 0.1) is 5.92 Å². The van der Waals surface area contributed by atoms with Crippen molar-refractivity contribution in [2.45, 2.75) is 18.9 Å². The highest BCUT2D eigenvalue weighted by Gasteiger charge is 2.29. The minimum Gasteiger partial charge on any atom is -0.383 e. The van der Waals surface area contributed by atoms with Crippen molar-refractivity contribution in [2.24, 2.45) is 5.92 Å². The Labute approximate surface area is 159 Å². The molecule has 6 nitrogen and oxygen atoms in total. The van der Waals surface area contributed by atoms with Crippen LogP contribution in [0.4, 0.5) is 0 Å². The predicted molar refractivity (Wildman–Crippen MR) is 104 cm³/mol. The lowest BCUT2D eigenvalue weighted by Gasteiger charge is -2.33. The molecule has 4 rings (SSSR count). The third kappa shape index (κ3) is 4.46. The summed E-state index contributed by atoms with van der Waals surface area (Å²) in [5, 5.41) is 3.79. The average molecular weight is 369 g/mol. The minimum absolute atomic E-state index is 0.0902. The number of amides is 1. The van der Waals surface area contributed by atoms with E-state index in [1.54, 1.807) is 7.11 Å². The predicted octanol–water partition coefficient (Wildman–Crippen LogP) is 2.39. The zero-order valence-electron chi connectivity index (χ0n) is 15.8. The molecule has 1 saturated carbocycles. The molecule has 1 aliphatic heterocycles. The largest absolute Gasteiger partial charge is 0.383 e. The fraction of sp³-hybridized carbons (Fsp3) is 0.524. The SMILES string of the molecule is COCCNC(=O)c1cc(C2CN(CC3CC3)CCO2)nc2ccccc12. The number of morpholine rings is 1. The molecule has 1 aromatic carbocycles. The lowest BCUT2D eigenvalue weighted by atomic mass is 10.0. The maximum absolute atomic E-state index is 12.7. The van der Waals surface area contributed by atoms with E-state index in [1.165, 1.54) is 12.8 Å². The first-order chi connectivity index (χ1) is 13.2. The number of pyridine rings is 1. The summed E-state index contributed by atoms with van der Waals surface area (Å²) in [5.41, 5.74) is 2.32. The number of para-hydroxylation sites is 1. The lowest BCUT2D eigenvalue weighted by molar-refractivity contribution is -0.0332. The number of methoxy groups -OCH3 is 1. The number of carbonyl (C=O) groups excluding carboxylic acids is 1. The van der Waals surface area contributed by atoms with Gasteiger partial charge < -0.3 is 14.8 Å². The second kappa shape index (κ2) is 8.33. The first kappa shape index (κ1) is 18.3. The van der Waals surface area contributed by atoms with Crippen LogP contribution in [0.25, 0.3) is 10.9 Å². The van der Waals surface area contributed by atoms with E-state index in [2.05, 4.69) is 10.2 Å².